The van der Waals surface area contributed by atoms with Crippen molar-refractivity contribution in [2.45, 2.75) is 23.8 Å². The Morgan fingerprint density at radius 3 is 2.90 bits per heavy atom. The number of hydrogen-bond donors (Lipinski definition) is 2. The number of likely N-dealkylation sites (tertiary alicyclic amines) is 1. The van der Waals surface area contributed by atoms with Crippen LogP contribution in [0.15, 0.2) is 23.1 Å². The highest BCUT2D eigenvalue weighted by Crippen LogP contribution is 2.18. The van der Waals surface area contributed by atoms with E-state index in [1.807, 2.05) is 0 Å². The van der Waals surface area contributed by atoms with Crippen LogP contribution < -0.4 is 5.32 Å². The number of carbonyl (C=O) groups excluding carboxylic acids is 1. The Hall–Kier alpha value is -1.47. The second kappa shape index (κ2) is 6.32. The highest BCUT2D eigenvalue weighted by molar-refractivity contribution is 7.84. The third kappa shape index (κ3) is 3.55. The standard InChI is InChI=1S/C13H17FN2O3S/c1-20(19)12-5-4-9(7-11(12)14)15-13(18)16-6-2-3-10(17)8-16/h4-5,7,10,17H,2-3,6,8H2,1H3,(H,15,18). The molecule has 1 aromatic carbocycles. The fourth-order valence-corrected chi connectivity index (χ4v) is 2.75. The number of carbonyl (C=O) groups is 1. The van der Waals surface area contributed by atoms with Gasteiger partial charge in [-0.2, -0.15) is 0 Å². The summed E-state index contributed by atoms with van der Waals surface area (Å²) in [4.78, 5) is 13.6. The van der Waals surface area contributed by atoms with Crippen LogP contribution in [0.2, 0.25) is 0 Å². The molecule has 2 amide bonds. The molecule has 1 aliphatic rings. The van der Waals surface area contributed by atoms with E-state index in [2.05, 4.69) is 5.32 Å². The topological polar surface area (TPSA) is 69.6 Å². The number of anilines is 1. The van der Waals surface area contributed by atoms with Crippen molar-refractivity contribution in [3.05, 3.63) is 24.0 Å². The van der Waals surface area contributed by atoms with Gasteiger partial charge in [-0.1, -0.05) is 0 Å². The molecule has 0 saturated carbocycles. The Labute approximate surface area is 119 Å². The lowest BCUT2D eigenvalue weighted by Gasteiger charge is -2.30. The van der Waals surface area contributed by atoms with Gasteiger partial charge in [-0.3, -0.25) is 4.21 Å². The van der Waals surface area contributed by atoms with Gasteiger partial charge in [-0.25, -0.2) is 9.18 Å². The van der Waals surface area contributed by atoms with Crippen LogP contribution in [0.4, 0.5) is 14.9 Å². The Morgan fingerprint density at radius 2 is 2.30 bits per heavy atom. The van der Waals surface area contributed by atoms with Gasteiger partial charge in [0.25, 0.3) is 0 Å². The third-order valence-electron chi connectivity index (χ3n) is 3.18. The van der Waals surface area contributed by atoms with Crippen molar-refractivity contribution in [2.75, 3.05) is 24.7 Å². The van der Waals surface area contributed by atoms with Gasteiger partial charge in [0.2, 0.25) is 0 Å². The lowest BCUT2D eigenvalue weighted by molar-refractivity contribution is 0.0883. The number of aliphatic hydroxyl groups excluding tert-OH is 1. The van der Waals surface area contributed by atoms with E-state index in [1.165, 1.54) is 23.3 Å². The molecule has 20 heavy (non-hydrogen) atoms. The van der Waals surface area contributed by atoms with Crippen molar-refractivity contribution in [3.63, 3.8) is 0 Å². The maximum absolute atomic E-state index is 13.7. The Bertz CT molecular complexity index is 538. The molecule has 5 nitrogen and oxygen atoms in total. The molecule has 2 atom stereocenters. The SMILES string of the molecule is CS(=O)c1ccc(NC(=O)N2CCCC(O)C2)cc1F. The number of piperidine rings is 1. The number of nitrogens with zero attached hydrogens (tertiary/aromatic N) is 1. The Morgan fingerprint density at radius 1 is 1.55 bits per heavy atom. The van der Waals surface area contributed by atoms with Crippen LogP contribution in [0.5, 0.6) is 0 Å². The smallest absolute Gasteiger partial charge is 0.321 e. The molecule has 0 bridgehead atoms. The zero-order chi connectivity index (χ0) is 14.7. The van der Waals surface area contributed by atoms with Gasteiger partial charge in [0.1, 0.15) is 5.82 Å². The van der Waals surface area contributed by atoms with Gasteiger partial charge < -0.3 is 15.3 Å². The van der Waals surface area contributed by atoms with Gasteiger partial charge in [-0.05, 0) is 31.0 Å². The first-order valence-electron chi connectivity index (χ1n) is 6.34. The van der Waals surface area contributed by atoms with Crippen molar-refractivity contribution in [1.82, 2.24) is 4.90 Å². The molecule has 1 heterocycles. The molecule has 1 aliphatic heterocycles. The van der Waals surface area contributed by atoms with E-state index in [4.69, 9.17) is 0 Å². The van der Waals surface area contributed by atoms with Crippen molar-refractivity contribution in [2.24, 2.45) is 0 Å². The number of hydrogen-bond acceptors (Lipinski definition) is 3. The predicted molar refractivity (Wildman–Crippen MR) is 74.6 cm³/mol. The largest absolute Gasteiger partial charge is 0.391 e. The lowest BCUT2D eigenvalue weighted by Crippen LogP contribution is -2.44. The molecule has 0 aliphatic carbocycles. The fraction of sp³-hybridized carbons (Fsp3) is 0.462. The van der Waals surface area contributed by atoms with Gasteiger partial charge in [-0.15, -0.1) is 0 Å². The van der Waals surface area contributed by atoms with E-state index in [1.54, 1.807) is 0 Å². The maximum Gasteiger partial charge on any atom is 0.321 e. The normalized spacial score (nSPS) is 20.6. The van der Waals surface area contributed by atoms with Crippen LogP contribution in [-0.2, 0) is 10.8 Å². The minimum atomic E-state index is -1.40. The van der Waals surface area contributed by atoms with E-state index < -0.39 is 22.7 Å². The number of aliphatic hydroxyl groups is 1. The average molecular weight is 300 g/mol. The number of urea groups is 1. The zero-order valence-corrected chi connectivity index (χ0v) is 12.0. The zero-order valence-electron chi connectivity index (χ0n) is 11.1. The molecular formula is C13H17FN2O3S. The van der Waals surface area contributed by atoms with Gasteiger partial charge in [0.15, 0.2) is 0 Å². The summed E-state index contributed by atoms with van der Waals surface area (Å²) in [7, 11) is -1.40. The minimum absolute atomic E-state index is 0.108. The number of benzene rings is 1. The number of amides is 2. The van der Waals surface area contributed by atoms with Crippen LogP contribution in [-0.4, -0.2) is 45.7 Å². The fourth-order valence-electron chi connectivity index (χ4n) is 2.15. The Balaban J connectivity index is 2.04. The molecule has 0 aromatic heterocycles. The molecule has 0 spiro atoms. The summed E-state index contributed by atoms with van der Waals surface area (Å²) >= 11 is 0. The van der Waals surface area contributed by atoms with Gasteiger partial charge in [0.05, 0.1) is 21.8 Å². The highest BCUT2D eigenvalue weighted by Gasteiger charge is 2.22. The van der Waals surface area contributed by atoms with E-state index in [0.29, 0.717) is 18.7 Å². The highest BCUT2D eigenvalue weighted by atomic mass is 32.2. The van der Waals surface area contributed by atoms with Crippen LogP contribution in [0.3, 0.4) is 0 Å². The molecule has 1 fully saturated rings. The van der Waals surface area contributed by atoms with Crippen molar-refractivity contribution in [3.8, 4) is 0 Å². The summed E-state index contributed by atoms with van der Waals surface area (Å²) in [6, 6.07) is 3.69. The van der Waals surface area contributed by atoms with E-state index in [-0.39, 0.29) is 17.5 Å². The molecule has 2 unspecified atom stereocenters. The van der Waals surface area contributed by atoms with Crippen molar-refractivity contribution in [1.29, 1.82) is 0 Å². The predicted octanol–water partition coefficient (Wildman–Crippen LogP) is 1.55. The lowest BCUT2D eigenvalue weighted by atomic mass is 10.1. The van der Waals surface area contributed by atoms with Crippen LogP contribution in [0.1, 0.15) is 12.8 Å². The summed E-state index contributed by atoms with van der Waals surface area (Å²) < 4.78 is 24.9. The van der Waals surface area contributed by atoms with Crippen LogP contribution in [0.25, 0.3) is 0 Å². The van der Waals surface area contributed by atoms with Gasteiger partial charge >= 0.3 is 6.03 Å². The van der Waals surface area contributed by atoms with E-state index in [9.17, 15) is 18.5 Å². The van der Waals surface area contributed by atoms with Crippen LogP contribution >= 0.6 is 0 Å². The van der Waals surface area contributed by atoms with Gasteiger partial charge in [0, 0.05) is 25.0 Å². The summed E-state index contributed by atoms with van der Waals surface area (Å²) in [5.41, 5.74) is 0.307. The number of nitrogens with one attached hydrogen (secondary N) is 1. The molecule has 1 aromatic rings. The molecular weight excluding hydrogens is 283 g/mol. The molecule has 2 rings (SSSR count). The van der Waals surface area contributed by atoms with Crippen LogP contribution in [0, 0.1) is 5.82 Å². The minimum Gasteiger partial charge on any atom is -0.391 e. The average Bonchev–Trinajstić information content (AvgIpc) is 2.38. The molecule has 0 radical (unpaired) electrons. The summed E-state index contributed by atoms with van der Waals surface area (Å²) in [5.74, 6) is -0.609. The second-order valence-electron chi connectivity index (χ2n) is 4.77. The van der Waals surface area contributed by atoms with Crippen molar-refractivity contribution >= 4 is 22.5 Å². The molecule has 1 saturated heterocycles. The molecule has 7 heteroatoms. The first-order valence-corrected chi connectivity index (χ1v) is 7.90. The maximum atomic E-state index is 13.7. The number of halogens is 1. The quantitative estimate of drug-likeness (QED) is 0.870. The third-order valence-corrected chi connectivity index (χ3v) is 4.13. The number of β-amino-alcohol motifs (C(OH)–C–C–N with tert-alkyl or cyclic N) is 1. The number of rotatable bonds is 2. The first kappa shape index (κ1) is 14.9. The molecule has 110 valence electrons. The first-order chi connectivity index (χ1) is 9.47. The summed E-state index contributed by atoms with van der Waals surface area (Å²) in [6.45, 7) is 0.855. The van der Waals surface area contributed by atoms with E-state index >= 15 is 0 Å². The summed E-state index contributed by atoms with van der Waals surface area (Å²) in [5, 5.41) is 12.1. The monoisotopic (exact) mass is 300 g/mol. The second-order valence-corrected chi connectivity index (χ2v) is 6.12. The van der Waals surface area contributed by atoms with E-state index in [0.717, 1.165) is 12.5 Å². The molecule has 2 N–H and O–H groups in total. The Kier molecular flexibility index (Phi) is 4.72. The summed E-state index contributed by atoms with van der Waals surface area (Å²) in [6.07, 6.45) is 2.33. The van der Waals surface area contributed by atoms with Crippen molar-refractivity contribution < 1.29 is 18.5 Å².